The van der Waals surface area contributed by atoms with Crippen LogP contribution in [0, 0.1) is 0 Å². The van der Waals surface area contributed by atoms with Crippen molar-refractivity contribution >= 4 is 27.7 Å². The first-order chi connectivity index (χ1) is 4.77. The molecule has 3 heteroatoms. The van der Waals surface area contributed by atoms with Crippen LogP contribution in [0.2, 0.25) is 0 Å². The third-order valence-corrected chi connectivity index (χ3v) is 3.37. The van der Waals surface area contributed by atoms with Gasteiger partial charge in [0.25, 0.3) is 0 Å². The van der Waals surface area contributed by atoms with E-state index in [0.717, 1.165) is 36.1 Å². The molecule has 0 radical (unpaired) electrons. The number of aliphatic hydroxyl groups is 1. The fourth-order valence-electron chi connectivity index (χ4n) is 1.18. The Morgan fingerprint density at radius 2 is 2.00 bits per heavy atom. The van der Waals surface area contributed by atoms with Gasteiger partial charge in [0, 0.05) is 5.33 Å². The van der Waals surface area contributed by atoms with Crippen molar-refractivity contribution in [2.24, 2.45) is 0 Å². The van der Waals surface area contributed by atoms with Crippen molar-refractivity contribution in [3.63, 3.8) is 0 Å². The molecule has 1 aliphatic rings. The molecule has 1 aliphatic heterocycles. The van der Waals surface area contributed by atoms with E-state index in [-0.39, 0.29) is 5.60 Å². The predicted molar refractivity (Wildman–Crippen MR) is 49.9 cm³/mol. The average Bonchev–Trinajstić information content (AvgIpc) is 1.89. The molecule has 0 saturated carbocycles. The molecular weight excluding hydrogens is 212 g/mol. The molecule has 60 valence electrons. The zero-order valence-electron chi connectivity index (χ0n) is 5.98. The largest absolute Gasteiger partial charge is 0.390 e. The second-order valence-electron chi connectivity index (χ2n) is 2.78. The van der Waals surface area contributed by atoms with E-state index in [1.807, 2.05) is 11.8 Å². The highest BCUT2D eigenvalue weighted by Crippen LogP contribution is 2.29. The van der Waals surface area contributed by atoms with Gasteiger partial charge in [-0.05, 0) is 30.8 Å². The third-order valence-electron chi connectivity index (χ3n) is 1.98. The highest BCUT2D eigenvalue weighted by Gasteiger charge is 2.28. The molecule has 0 aromatic heterocycles. The molecule has 0 aromatic rings. The van der Waals surface area contributed by atoms with E-state index in [0.29, 0.717) is 0 Å². The topological polar surface area (TPSA) is 20.2 Å². The Morgan fingerprint density at radius 3 is 2.50 bits per heavy atom. The average molecular weight is 225 g/mol. The molecule has 0 bridgehead atoms. The zero-order valence-corrected chi connectivity index (χ0v) is 8.38. The lowest BCUT2D eigenvalue weighted by Gasteiger charge is -2.30. The van der Waals surface area contributed by atoms with Gasteiger partial charge in [-0.25, -0.2) is 0 Å². The summed E-state index contributed by atoms with van der Waals surface area (Å²) in [4.78, 5) is 0. The molecule has 0 atom stereocenters. The second kappa shape index (κ2) is 3.98. The summed E-state index contributed by atoms with van der Waals surface area (Å²) in [6, 6.07) is 0. The van der Waals surface area contributed by atoms with E-state index in [9.17, 15) is 5.11 Å². The SMILES string of the molecule is OC1(CCBr)CCSCC1. The first-order valence-electron chi connectivity index (χ1n) is 3.63. The summed E-state index contributed by atoms with van der Waals surface area (Å²) in [5.41, 5.74) is -0.339. The van der Waals surface area contributed by atoms with Crippen LogP contribution in [0.25, 0.3) is 0 Å². The molecule has 1 N–H and O–H groups in total. The summed E-state index contributed by atoms with van der Waals surface area (Å²) < 4.78 is 0. The fraction of sp³-hybridized carbons (Fsp3) is 1.00. The minimum absolute atomic E-state index is 0.339. The summed E-state index contributed by atoms with van der Waals surface area (Å²) in [5, 5.41) is 10.8. The van der Waals surface area contributed by atoms with Crippen molar-refractivity contribution < 1.29 is 5.11 Å². The minimum Gasteiger partial charge on any atom is -0.390 e. The number of hydrogen-bond acceptors (Lipinski definition) is 2. The van der Waals surface area contributed by atoms with E-state index in [1.54, 1.807) is 0 Å². The standard InChI is InChI=1S/C7H13BrOS/c8-4-1-7(9)2-5-10-6-3-7/h9H,1-6H2. The fourth-order valence-corrected chi connectivity index (χ4v) is 3.17. The van der Waals surface area contributed by atoms with Crippen LogP contribution in [0.15, 0.2) is 0 Å². The van der Waals surface area contributed by atoms with Crippen molar-refractivity contribution in [2.75, 3.05) is 16.8 Å². The van der Waals surface area contributed by atoms with Crippen LogP contribution in [-0.4, -0.2) is 27.5 Å². The summed E-state index contributed by atoms with van der Waals surface area (Å²) in [7, 11) is 0. The molecule has 1 rings (SSSR count). The van der Waals surface area contributed by atoms with Crippen molar-refractivity contribution in [1.82, 2.24) is 0 Å². The molecule has 1 saturated heterocycles. The van der Waals surface area contributed by atoms with Crippen LogP contribution in [0.1, 0.15) is 19.3 Å². The van der Waals surface area contributed by atoms with Gasteiger partial charge in [0.2, 0.25) is 0 Å². The van der Waals surface area contributed by atoms with Crippen LogP contribution in [0.3, 0.4) is 0 Å². The van der Waals surface area contributed by atoms with Gasteiger partial charge in [0.15, 0.2) is 0 Å². The van der Waals surface area contributed by atoms with Gasteiger partial charge in [-0.1, -0.05) is 15.9 Å². The summed E-state index contributed by atoms with van der Waals surface area (Å²) in [5.74, 6) is 2.26. The maximum atomic E-state index is 9.83. The van der Waals surface area contributed by atoms with Crippen molar-refractivity contribution in [3.8, 4) is 0 Å². The van der Waals surface area contributed by atoms with Crippen LogP contribution < -0.4 is 0 Å². The number of halogens is 1. The summed E-state index contributed by atoms with van der Waals surface area (Å²) >= 11 is 5.30. The highest BCUT2D eigenvalue weighted by molar-refractivity contribution is 9.09. The smallest absolute Gasteiger partial charge is 0.0671 e. The van der Waals surface area contributed by atoms with Gasteiger partial charge < -0.3 is 5.11 Å². The van der Waals surface area contributed by atoms with Gasteiger partial charge in [-0.2, -0.15) is 11.8 Å². The molecule has 0 unspecified atom stereocenters. The van der Waals surface area contributed by atoms with Gasteiger partial charge in [0.1, 0.15) is 0 Å². The van der Waals surface area contributed by atoms with E-state index in [2.05, 4.69) is 15.9 Å². The van der Waals surface area contributed by atoms with Crippen LogP contribution in [-0.2, 0) is 0 Å². The maximum absolute atomic E-state index is 9.83. The number of thioether (sulfide) groups is 1. The number of rotatable bonds is 2. The highest BCUT2D eigenvalue weighted by atomic mass is 79.9. The molecule has 0 spiro atoms. The van der Waals surface area contributed by atoms with Crippen molar-refractivity contribution in [2.45, 2.75) is 24.9 Å². The monoisotopic (exact) mass is 224 g/mol. The Labute approximate surface area is 74.7 Å². The Kier molecular flexibility index (Phi) is 3.53. The lowest BCUT2D eigenvalue weighted by atomic mass is 9.94. The lowest BCUT2D eigenvalue weighted by Crippen LogP contribution is -2.33. The lowest BCUT2D eigenvalue weighted by molar-refractivity contribution is 0.0297. The predicted octanol–water partition coefficient (Wildman–Crippen LogP) is 2.03. The molecule has 1 heterocycles. The van der Waals surface area contributed by atoms with Gasteiger partial charge >= 0.3 is 0 Å². The van der Waals surface area contributed by atoms with Crippen LogP contribution in [0.5, 0.6) is 0 Å². The molecule has 0 amide bonds. The van der Waals surface area contributed by atoms with E-state index in [4.69, 9.17) is 0 Å². The molecular formula is C7H13BrOS. The quantitative estimate of drug-likeness (QED) is 0.725. The molecule has 10 heavy (non-hydrogen) atoms. The Balaban J connectivity index is 2.32. The van der Waals surface area contributed by atoms with Gasteiger partial charge in [0.05, 0.1) is 5.60 Å². The molecule has 1 nitrogen and oxygen atoms in total. The molecule has 0 aliphatic carbocycles. The normalized spacial score (nSPS) is 24.6. The third kappa shape index (κ3) is 2.44. The summed E-state index contributed by atoms with van der Waals surface area (Å²) in [6.07, 6.45) is 2.86. The Bertz CT molecular complexity index is 96.3. The second-order valence-corrected chi connectivity index (χ2v) is 4.79. The first-order valence-corrected chi connectivity index (χ1v) is 5.91. The van der Waals surface area contributed by atoms with Crippen LogP contribution >= 0.6 is 27.7 Å². The maximum Gasteiger partial charge on any atom is 0.0671 e. The van der Waals surface area contributed by atoms with E-state index in [1.165, 1.54) is 0 Å². The van der Waals surface area contributed by atoms with Gasteiger partial charge in [-0.15, -0.1) is 0 Å². The summed E-state index contributed by atoms with van der Waals surface area (Å²) in [6.45, 7) is 0. The Morgan fingerprint density at radius 1 is 1.40 bits per heavy atom. The first kappa shape index (κ1) is 8.88. The van der Waals surface area contributed by atoms with Gasteiger partial charge in [-0.3, -0.25) is 0 Å². The Hall–Kier alpha value is 0.790. The number of hydrogen-bond donors (Lipinski definition) is 1. The number of alkyl halides is 1. The molecule has 1 fully saturated rings. The minimum atomic E-state index is -0.339. The molecule has 0 aromatic carbocycles. The zero-order chi connectivity index (χ0) is 7.45. The van der Waals surface area contributed by atoms with E-state index >= 15 is 0 Å². The van der Waals surface area contributed by atoms with Crippen LogP contribution in [0.4, 0.5) is 0 Å². The van der Waals surface area contributed by atoms with E-state index < -0.39 is 0 Å². The van der Waals surface area contributed by atoms with Crippen molar-refractivity contribution in [1.29, 1.82) is 0 Å². The van der Waals surface area contributed by atoms with Crippen molar-refractivity contribution in [3.05, 3.63) is 0 Å².